The summed E-state index contributed by atoms with van der Waals surface area (Å²) >= 11 is 0. The highest BCUT2D eigenvalue weighted by Crippen LogP contribution is 2.34. The number of nitrogens with zero attached hydrogens (tertiary/aromatic N) is 1. The predicted octanol–water partition coefficient (Wildman–Crippen LogP) is 1.89. The minimum atomic E-state index is -0.948. The summed E-state index contributed by atoms with van der Waals surface area (Å²) in [5, 5.41) is 0. The Hall–Kier alpha value is -2.17. The van der Waals surface area contributed by atoms with E-state index in [2.05, 4.69) is 0 Å². The molecule has 1 aromatic rings. The fraction of sp³-hybridized carbons (Fsp3) is 0.357. The Morgan fingerprint density at radius 2 is 1.89 bits per heavy atom. The number of hydrogen-bond donors (Lipinski definition) is 0. The van der Waals surface area contributed by atoms with Crippen LogP contribution in [0.1, 0.15) is 42.9 Å². The van der Waals surface area contributed by atoms with Crippen molar-refractivity contribution in [1.29, 1.82) is 0 Å². The zero-order valence-electron chi connectivity index (χ0n) is 11.0. The van der Waals surface area contributed by atoms with Crippen molar-refractivity contribution in [1.82, 2.24) is 4.90 Å². The molecule has 0 bridgehead atoms. The number of fused-ring (bicyclic) bond motifs is 1. The molecular formula is C14H15NO4. The monoisotopic (exact) mass is 261 g/mol. The van der Waals surface area contributed by atoms with E-state index in [0.717, 1.165) is 4.90 Å². The van der Waals surface area contributed by atoms with Crippen LogP contribution in [0.5, 0.6) is 0 Å². The topological polar surface area (TPSA) is 63.7 Å². The summed E-state index contributed by atoms with van der Waals surface area (Å²) in [7, 11) is 0. The summed E-state index contributed by atoms with van der Waals surface area (Å²) in [4.78, 5) is 36.4. The third-order valence-electron chi connectivity index (χ3n) is 2.95. The molecular weight excluding hydrogens is 246 g/mol. The molecule has 5 heteroatoms. The molecule has 1 heterocycles. The highest BCUT2D eigenvalue weighted by molar-refractivity contribution is 6.08. The lowest BCUT2D eigenvalue weighted by atomic mass is 10.1. The smallest absolute Gasteiger partial charge is 0.310 e. The number of hydrogen-bond acceptors (Lipinski definition) is 4. The molecule has 0 unspecified atom stereocenters. The van der Waals surface area contributed by atoms with Crippen LogP contribution in [0, 0.1) is 5.92 Å². The number of amides is 2. The summed E-state index contributed by atoms with van der Waals surface area (Å²) in [6.07, 6.45) is -0.948. The standard InChI is InChI=1S/C14H15NO4/c1-8(2)14(18)19-13-11-7-5-4-6-10(11)12(17)15(13)9(3)16/h4-8,13H,1-3H3/t13-/m1/s1. The molecule has 19 heavy (non-hydrogen) atoms. The fourth-order valence-electron chi connectivity index (χ4n) is 1.95. The third-order valence-corrected chi connectivity index (χ3v) is 2.95. The van der Waals surface area contributed by atoms with Crippen LogP contribution < -0.4 is 0 Å². The second-order valence-corrected chi connectivity index (χ2v) is 4.73. The van der Waals surface area contributed by atoms with Crippen LogP contribution in [0.4, 0.5) is 0 Å². The molecule has 2 amide bonds. The van der Waals surface area contributed by atoms with Crippen molar-refractivity contribution in [2.75, 3.05) is 0 Å². The van der Waals surface area contributed by atoms with E-state index in [-0.39, 0.29) is 5.92 Å². The van der Waals surface area contributed by atoms with Crippen molar-refractivity contribution in [3.8, 4) is 0 Å². The molecule has 0 radical (unpaired) electrons. The first-order chi connectivity index (χ1) is 8.93. The Morgan fingerprint density at radius 1 is 1.26 bits per heavy atom. The molecule has 100 valence electrons. The first-order valence-electron chi connectivity index (χ1n) is 6.07. The number of benzene rings is 1. The van der Waals surface area contributed by atoms with Crippen molar-refractivity contribution >= 4 is 17.8 Å². The lowest BCUT2D eigenvalue weighted by molar-refractivity contribution is -0.163. The average Bonchev–Trinajstić information content (AvgIpc) is 2.63. The molecule has 1 aromatic carbocycles. The lowest BCUT2D eigenvalue weighted by Gasteiger charge is -2.22. The number of ether oxygens (including phenoxy) is 1. The molecule has 0 aliphatic carbocycles. The Labute approximate surface area is 111 Å². The molecule has 0 aromatic heterocycles. The van der Waals surface area contributed by atoms with E-state index in [0.29, 0.717) is 11.1 Å². The van der Waals surface area contributed by atoms with Gasteiger partial charge in [0.25, 0.3) is 5.91 Å². The maximum Gasteiger partial charge on any atom is 0.310 e. The first kappa shape index (κ1) is 13.3. The molecule has 1 atom stereocenters. The third kappa shape index (κ3) is 2.23. The van der Waals surface area contributed by atoms with E-state index < -0.39 is 24.0 Å². The zero-order chi connectivity index (χ0) is 14.2. The number of imide groups is 1. The second kappa shape index (κ2) is 4.84. The molecule has 0 fully saturated rings. The minimum Gasteiger partial charge on any atom is -0.436 e. The maximum atomic E-state index is 12.1. The van der Waals surface area contributed by atoms with Gasteiger partial charge in [0, 0.05) is 18.1 Å². The van der Waals surface area contributed by atoms with Gasteiger partial charge >= 0.3 is 5.97 Å². The van der Waals surface area contributed by atoms with Gasteiger partial charge in [0.1, 0.15) is 0 Å². The van der Waals surface area contributed by atoms with E-state index in [4.69, 9.17) is 4.74 Å². The fourth-order valence-corrected chi connectivity index (χ4v) is 1.95. The van der Waals surface area contributed by atoms with Gasteiger partial charge in [0.05, 0.1) is 5.92 Å². The number of rotatable bonds is 2. The summed E-state index contributed by atoms with van der Waals surface area (Å²) < 4.78 is 5.29. The molecule has 5 nitrogen and oxygen atoms in total. The quantitative estimate of drug-likeness (QED) is 0.762. The van der Waals surface area contributed by atoms with Gasteiger partial charge in [-0.25, -0.2) is 4.90 Å². The molecule has 0 N–H and O–H groups in total. The van der Waals surface area contributed by atoms with Crippen LogP contribution in [0.3, 0.4) is 0 Å². The second-order valence-electron chi connectivity index (χ2n) is 4.73. The van der Waals surface area contributed by atoms with Crippen LogP contribution in [-0.4, -0.2) is 22.7 Å². The first-order valence-corrected chi connectivity index (χ1v) is 6.07. The van der Waals surface area contributed by atoms with Gasteiger partial charge in [0.2, 0.25) is 12.1 Å². The van der Waals surface area contributed by atoms with Crippen LogP contribution in [0.15, 0.2) is 24.3 Å². The number of carbonyl (C=O) groups excluding carboxylic acids is 3. The predicted molar refractivity (Wildman–Crippen MR) is 67.0 cm³/mol. The van der Waals surface area contributed by atoms with Crippen LogP contribution in [0.25, 0.3) is 0 Å². The van der Waals surface area contributed by atoms with Gasteiger partial charge in [-0.3, -0.25) is 14.4 Å². The molecule has 0 saturated heterocycles. The molecule has 0 spiro atoms. The van der Waals surface area contributed by atoms with Gasteiger partial charge in [-0.1, -0.05) is 32.0 Å². The minimum absolute atomic E-state index is 0.323. The molecule has 2 rings (SSSR count). The van der Waals surface area contributed by atoms with E-state index in [1.54, 1.807) is 38.1 Å². The molecule has 0 saturated carbocycles. The van der Waals surface area contributed by atoms with Crippen molar-refractivity contribution in [2.24, 2.45) is 5.92 Å². The van der Waals surface area contributed by atoms with Crippen molar-refractivity contribution in [3.63, 3.8) is 0 Å². The molecule has 1 aliphatic rings. The van der Waals surface area contributed by atoms with Crippen molar-refractivity contribution in [2.45, 2.75) is 27.0 Å². The Bertz CT molecular complexity index is 550. The summed E-state index contributed by atoms with van der Waals surface area (Å²) in [5.74, 6) is -1.63. The number of carbonyl (C=O) groups is 3. The Balaban J connectivity index is 2.40. The van der Waals surface area contributed by atoms with Gasteiger partial charge in [-0.05, 0) is 6.07 Å². The van der Waals surface area contributed by atoms with Crippen LogP contribution in [-0.2, 0) is 14.3 Å². The van der Waals surface area contributed by atoms with E-state index in [1.807, 2.05) is 0 Å². The van der Waals surface area contributed by atoms with Crippen molar-refractivity contribution < 1.29 is 19.1 Å². The Morgan fingerprint density at radius 3 is 2.47 bits per heavy atom. The lowest BCUT2D eigenvalue weighted by Crippen LogP contribution is -2.35. The van der Waals surface area contributed by atoms with Crippen molar-refractivity contribution in [3.05, 3.63) is 35.4 Å². The summed E-state index contributed by atoms with van der Waals surface area (Å²) in [6.45, 7) is 4.67. The van der Waals surface area contributed by atoms with Gasteiger partial charge < -0.3 is 4.74 Å². The normalized spacial score (nSPS) is 17.6. The van der Waals surface area contributed by atoms with Gasteiger partial charge in [-0.15, -0.1) is 0 Å². The SMILES string of the molecule is CC(=O)N1C(=O)c2ccccc2[C@H]1OC(=O)C(C)C. The average molecular weight is 261 g/mol. The van der Waals surface area contributed by atoms with Crippen LogP contribution in [0.2, 0.25) is 0 Å². The van der Waals surface area contributed by atoms with E-state index >= 15 is 0 Å². The van der Waals surface area contributed by atoms with Gasteiger partial charge in [-0.2, -0.15) is 0 Å². The summed E-state index contributed by atoms with van der Waals surface area (Å²) in [6, 6.07) is 6.76. The van der Waals surface area contributed by atoms with Gasteiger partial charge in [0.15, 0.2) is 0 Å². The molecule has 1 aliphatic heterocycles. The van der Waals surface area contributed by atoms with E-state index in [1.165, 1.54) is 6.92 Å². The highest BCUT2D eigenvalue weighted by Gasteiger charge is 2.41. The summed E-state index contributed by atoms with van der Waals surface area (Å²) in [5.41, 5.74) is 0.955. The Kier molecular flexibility index (Phi) is 3.38. The largest absolute Gasteiger partial charge is 0.436 e. The van der Waals surface area contributed by atoms with E-state index in [9.17, 15) is 14.4 Å². The zero-order valence-corrected chi connectivity index (χ0v) is 11.0. The maximum absolute atomic E-state index is 12.1. The highest BCUT2D eigenvalue weighted by atomic mass is 16.6. The van der Waals surface area contributed by atoms with Crippen LogP contribution >= 0.6 is 0 Å². The number of esters is 1.